The Morgan fingerprint density at radius 1 is 0.475 bits per heavy atom. The second kappa shape index (κ2) is 16.1. The van der Waals surface area contributed by atoms with Crippen molar-refractivity contribution in [2.24, 2.45) is 0 Å². The molecule has 0 aliphatic heterocycles. The fourth-order valence-electron chi connectivity index (χ4n) is 4.34. The van der Waals surface area contributed by atoms with Gasteiger partial charge in [-0.3, -0.25) is 0 Å². The summed E-state index contributed by atoms with van der Waals surface area (Å²) >= 11 is -2.35. The molecule has 0 fully saturated rings. The van der Waals surface area contributed by atoms with Crippen LogP contribution < -0.4 is 8.79 Å². The summed E-state index contributed by atoms with van der Waals surface area (Å²) in [6.45, 7) is 4.24. The van der Waals surface area contributed by atoms with E-state index in [1.807, 2.05) is 24.3 Å². The maximum absolute atomic E-state index is 6.37. The maximum atomic E-state index is 6.37. The van der Waals surface area contributed by atoms with Crippen molar-refractivity contribution < 1.29 is 16.0 Å². The first-order valence-corrected chi connectivity index (χ1v) is 34.6. The zero-order valence-corrected chi connectivity index (χ0v) is 30.0. The first-order chi connectivity index (χ1) is 19.5. The van der Waals surface area contributed by atoms with Crippen LogP contribution in [-0.4, -0.2) is 10.1 Å². The fourth-order valence-corrected chi connectivity index (χ4v) is 41.1. The molecule has 0 heterocycles. The van der Waals surface area contributed by atoms with Crippen LogP contribution in [0.4, 0.5) is 0 Å². The fraction of sp³-hybridized carbons (Fsp3) is 0.0556. The van der Waals surface area contributed by atoms with E-state index in [0.29, 0.717) is 0 Å². The summed E-state index contributed by atoms with van der Waals surface area (Å²) in [5, 5.41) is 0. The van der Waals surface area contributed by atoms with E-state index in [1.54, 1.807) is 0 Å². The molecule has 0 aliphatic rings. The van der Waals surface area contributed by atoms with E-state index in [0.717, 1.165) is 0 Å². The SMILES string of the molecule is Cc1cc(-c2ccccc2)c[cH-]1.Cc1cc(-c2ccccc2)c[cH-]1.[Cl][Hf]([Cl])=[Ge]([c]1ccccc1)[c]1ccccc1. The van der Waals surface area contributed by atoms with Crippen molar-refractivity contribution in [1.29, 1.82) is 0 Å². The number of rotatable bonds is 4. The van der Waals surface area contributed by atoms with E-state index in [1.165, 1.54) is 42.2 Å². The van der Waals surface area contributed by atoms with Gasteiger partial charge in [-0.2, -0.15) is 46.5 Å². The summed E-state index contributed by atoms with van der Waals surface area (Å²) in [7, 11) is 11.1. The average Bonchev–Trinajstić information content (AvgIpc) is 3.64. The summed E-state index contributed by atoms with van der Waals surface area (Å²) in [5.41, 5.74) is 7.88. The Kier molecular flexibility index (Phi) is 12.3. The zero-order valence-electron chi connectivity index (χ0n) is 22.8. The third-order valence-electron chi connectivity index (χ3n) is 6.35. The van der Waals surface area contributed by atoms with Crippen LogP contribution in [0.3, 0.4) is 0 Å². The molecule has 0 unspecified atom stereocenters. The third-order valence-corrected chi connectivity index (χ3v) is 44.9. The first-order valence-electron chi connectivity index (χ1n) is 13.2. The summed E-state index contributed by atoms with van der Waals surface area (Å²) in [4.78, 5) is 0. The number of hydrogen-bond acceptors (Lipinski definition) is 0. The third kappa shape index (κ3) is 9.31. The number of hydrogen-bond donors (Lipinski definition) is 0. The van der Waals surface area contributed by atoms with Gasteiger partial charge in [-0.05, 0) is 0 Å². The molecule has 40 heavy (non-hydrogen) atoms. The van der Waals surface area contributed by atoms with Crippen molar-refractivity contribution in [3.8, 4) is 22.3 Å². The number of halogens is 2. The van der Waals surface area contributed by atoms with Gasteiger partial charge in [0.05, 0.1) is 0 Å². The summed E-state index contributed by atoms with van der Waals surface area (Å²) in [5.74, 6) is 0. The van der Waals surface area contributed by atoms with Gasteiger partial charge in [0.25, 0.3) is 0 Å². The minimum atomic E-state index is -2.35. The predicted octanol–water partition coefficient (Wildman–Crippen LogP) is 9.48. The molecule has 0 saturated heterocycles. The Hall–Kier alpha value is -2.43. The first kappa shape index (κ1) is 30.5. The molecule has 4 heteroatoms. The van der Waals surface area contributed by atoms with Crippen molar-refractivity contribution in [3.05, 3.63) is 169 Å². The second-order valence-electron chi connectivity index (χ2n) is 9.45. The van der Waals surface area contributed by atoms with E-state index in [9.17, 15) is 0 Å². The Balaban J connectivity index is 0.000000141. The van der Waals surface area contributed by atoms with Crippen LogP contribution >= 0.6 is 17.2 Å². The van der Waals surface area contributed by atoms with Gasteiger partial charge in [-0.1, -0.05) is 85.6 Å². The molecule has 0 spiro atoms. The molecule has 0 amide bonds. The molecule has 200 valence electrons. The van der Waals surface area contributed by atoms with E-state index < -0.39 is 26.0 Å². The van der Waals surface area contributed by atoms with Crippen molar-refractivity contribution >= 4 is 36.0 Å². The van der Waals surface area contributed by atoms with Crippen LogP contribution in [0.25, 0.3) is 22.3 Å². The quantitative estimate of drug-likeness (QED) is 0.124. The van der Waals surface area contributed by atoms with Gasteiger partial charge >= 0.3 is 113 Å². The van der Waals surface area contributed by atoms with Gasteiger partial charge in [-0.25, -0.2) is 12.1 Å². The van der Waals surface area contributed by atoms with Crippen molar-refractivity contribution in [2.45, 2.75) is 13.8 Å². The van der Waals surface area contributed by atoms with E-state index in [-0.39, 0.29) is 0 Å². The average molecular weight is 787 g/mol. The van der Waals surface area contributed by atoms with Crippen molar-refractivity contribution in [2.75, 3.05) is 0 Å². The van der Waals surface area contributed by atoms with Gasteiger partial charge in [0.2, 0.25) is 0 Å². The van der Waals surface area contributed by atoms with Crippen LogP contribution in [0.5, 0.6) is 0 Å². The van der Waals surface area contributed by atoms with Crippen LogP contribution in [0, 0.1) is 13.8 Å². The normalized spacial score (nSPS) is 10.0. The van der Waals surface area contributed by atoms with E-state index >= 15 is 0 Å². The zero-order chi connectivity index (χ0) is 28.2. The van der Waals surface area contributed by atoms with E-state index in [4.69, 9.17) is 17.2 Å². The number of aryl methyl sites for hydroxylation is 2. The summed E-state index contributed by atoms with van der Waals surface area (Å²) in [6, 6.07) is 55.0. The van der Waals surface area contributed by atoms with Crippen LogP contribution in [-0.2, 0) is 16.0 Å². The summed E-state index contributed by atoms with van der Waals surface area (Å²) in [6.07, 6.45) is 0. The van der Waals surface area contributed by atoms with Crippen LogP contribution in [0.15, 0.2) is 158 Å². The molecule has 6 rings (SSSR count). The molecule has 0 bridgehead atoms. The molecule has 0 aliphatic carbocycles. The van der Waals surface area contributed by atoms with Gasteiger partial charge in [0.1, 0.15) is 0 Å². The van der Waals surface area contributed by atoms with Crippen molar-refractivity contribution in [1.82, 2.24) is 0 Å². The Morgan fingerprint density at radius 3 is 1.07 bits per heavy atom. The molecule has 0 saturated carbocycles. The molecule has 0 nitrogen and oxygen atoms in total. The molecular formula is C36H32Cl2GeHf-2. The Labute approximate surface area is 254 Å². The van der Waals surface area contributed by atoms with Crippen LogP contribution in [0.2, 0.25) is 0 Å². The number of benzene rings is 4. The molecule has 0 atom stereocenters. The minimum absolute atomic E-state index is 1.30. The molecule has 6 aromatic carbocycles. The van der Waals surface area contributed by atoms with Gasteiger partial charge in [0.15, 0.2) is 0 Å². The van der Waals surface area contributed by atoms with Gasteiger partial charge < -0.3 is 0 Å². The standard InChI is InChI=1S/C12H10Ge.2C12H11.2ClH.Hf/c1-3-7-11(8-4-1)13-12-9-5-2-6-10-12;2*1-10-7-8-12(9-10)11-5-3-2-4-6-11;;;/h1-10H;2*2-9H,1H3;2*1H;/q;2*-1;;;+2/p-2. The van der Waals surface area contributed by atoms with Crippen LogP contribution in [0.1, 0.15) is 11.1 Å². The second-order valence-corrected chi connectivity index (χ2v) is 51.9. The summed E-state index contributed by atoms with van der Waals surface area (Å²) < 4.78 is 2.81. The molecule has 0 N–H and O–H groups in total. The Bertz CT molecular complexity index is 1480. The molecular weight excluding hydrogens is 754 g/mol. The monoisotopic (exact) mass is 788 g/mol. The van der Waals surface area contributed by atoms with Gasteiger partial charge in [-0.15, -0.1) is 0 Å². The Morgan fingerprint density at radius 2 is 0.800 bits per heavy atom. The van der Waals surface area contributed by atoms with Gasteiger partial charge in [0, 0.05) is 0 Å². The molecule has 0 radical (unpaired) electrons. The molecule has 0 aromatic heterocycles. The van der Waals surface area contributed by atoms with Crippen molar-refractivity contribution in [3.63, 3.8) is 0 Å². The topological polar surface area (TPSA) is 0 Å². The van der Waals surface area contributed by atoms with E-state index in [2.05, 4.69) is 147 Å². The predicted molar refractivity (Wildman–Crippen MR) is 174 cm³/mol. The molecule has 6 aromatic rings.